The van der Waals surface area contributed by atoms with E-state index in [0.717, 1.165) is 31.3 Å². The van der Waals surface area contributed by atoms with E-state index in [9.17, 15) is 0 Å². The molecular weight excluding hydrogens is 196 g/mol. The number of hydrogen-bond acceptors (Lipinski definition) is 2. The molecule has 0 heterocycles. The van der Waals surface area contributed by atoms with Crippen LogP contribution in [0.3, 0.4) is 0 Å². The van der Waals surface area contributed by atoms with Crippen molar-refractivity contribution in [3.8, 4) is 0 Å². The number of hydrogen-bond donors (Lipinski definition) is 1. The molecule has 0 spiro atoms. The zero-order valence-corrected chi connectivity index (χ0v) is 10.6. The standard InChI is InChI=1S/C11H25ClN2/c1-4-11(6-7-12)10-13-8-5-9-14(2)3/h11,13H,4-10H2,1-3H3. The molecule has 0 amide bonds. The molecule has 0 saturated heterocycles. The van der Waals surface area contributed by atoms with Gasteiger partial charge in [0.1, 0.15) is 0 Å². The van der Waals surface area contributed by atoms with Crippen LogP contribution in [0, 0.1) is 5.92 Å². The van der Waals surface area contributed by atoms with Gasteiger partial charge in [0.2, 0.25) is 0 Å². The Morgan fingerprint density at radius 1 is 1.36 bits per heavy atom. The minimum atomic E-state index is 0.756. The van der Waals surface area contributed by atoms with Gasteiger partial charge < -0.3 is 10.2 Å². The molecule has 3 heteroatoms. The van der Waals surface area contributed by atoms with E-state index in [1.807, 2.05) is 0 Å². The summed E-state index contributed by atoms with van der Waals surface area (Å²) in [6, 6.07) is 0. The van der Waals surface area contributed by atoms with Crippen molar-refractivity contribution < 1.29 is 0 Å². The van der Waals surface area contributed by atoms with Crippen LogP contribution in [-0.2, 0) is 0 Å². The van der Waals surface area contributed by atoms with E-state index < -0.39 is 0 Å². The third-order valence-corrected chi connectivity index (χ3v) is 2.70. The van der Waals surface area contributed by atoms with E-state index in [4.69, 9.17) is 11.6 Å². The number of nitrogens with one attached hydrogen (secondary N) is 1. The van der Waals surface area contributed by atoms with E-state index in [1.165, 1.54) is 19.4 Å². The first-order valence-electron chi connectivity index (χ1n) is 5.62. The number of alkyl halides is 1. The van der Waals surface area contributed by atoms with E-state index in [0.29, 0.717) is 0 Å². The zero-order chi connectivity index (χ0) is 10.8. The SMILES string of the molecule is CCC(CCCl)CNCCCN(C)C. The second-order valence-electron chi connectivity index (χ2n) is 4.11. The minimum Gasteiger partial charge on any atom is -0.316 e. The van der Waals surface area contributed by atoms with Gasteiger partial charge in [-0.15, -0.1) is 11.6 Å². The first-order valence-corrected chi connectivity index (χ1v) is 6.15. The smallest absolute Gasteiger partial charge is 0.0226 e. The van der Waals surface area contributed by atoms with Gasteiger partial charge in [-0.05, 0) is 52.5 Å². The third-order valence-electron chi connectivity index (χ3n) is 2.49. The molecule has 1 atom stereocenters. The van der Waals surface area contributed by atoms with Crippen molar-refractivity contribution >= 4 is 11.6 Å². The molecule has 0 aliphatic heterocycles. The molecule has 0 aromatic rings. The molecule has 0 bridgehead atoms. The summed E-state index contributed by atoms with van der Waals surface area (Å²) >= 11 is 5.72. The molecule has 0 aromatic carbocycles. The van der Waals surface area contributed by atoms with Gasteiger partial charge in [-0.25, -0.2) is 0 Å². The summed E-state index contributed by atoms with van der Waals surface area (Å²) < 4.78 is 0. The van der Waals surface area contributed by atoms with Crippen LogP contribution in [-0.4, -0.2) is 44.5 Å². The topological polar surface area (TPSA) is 15.3 Å². The maximum atomic E-state index is 5.72. The molecule has 1 N–H and O–H groups in total. The fraction of sp³-hybridized carbons (Fsp3) is 1.00. The third kappa shape index (κ3) is 8.79. The number of rotatable bonds is 9. The van der Waals surface area contributed by atoms with Gasteiger partial charge in [0.05, 0.1) is 0 Å². The Bertz CT molecular complexity index is 118. The highest BCUT2D eigenvalue weighted by Gasteiger charge is 2.03. The zero-order valence-electron chi connectivity index (χ0n) is 9.85. The Morgan fingerprint density at radius 3 is 2.57 bits per heavy atom. The van der Waals surface area contributed by atoms with Gasteiger partial charge >= 0.3 is 0 Å². The summed E-state index contributed by atoms with van der Waals surface area (Å²) in [4.78, 5) is 2.22. The average Bonchev–Trinajstić information content (AvgIpc) is 2.15. The first-order chi connectivity index (χ1) is 6.70. The van der Waals surface area contributed by atoms with Crippen LogP contribution in [0.2, 0.25) is 0 Å². The molecule has 2 nitrogen and oxygen atoms in total. The lowest BCUT2D eigenvalue weighted by molar-refractivity contribution is 0.384. The number of nitrogens with zero attached hydrogens (tertiary/aromatic N) is 1. The molecule has 0 aliphatic carbocycles. The molecule has 14 heavy (non-hydrogen) atoms. The van der Waals surface area contributed by atoms with Crippen molar-refractivity contribution in [1.29, 1.82) is 0 Å². The molecule has 0 fully saturated rings. The van der Waals surface area contributed by atoms with Gasteiger partial charge in [-0.2, -0.15) is 0 Å². The van der Waals surface area contributed by atoms with Crippen molar-refractivity contribution in [1.82, 2.24) is 10.2 Å². The highest BCUT2D eigenvalue weighted by atomic mass is 35.5. The van der Waals surface area contributed by atoms with Crippen LogP contribution < -0.4 is 5.32 Å². The summed E-state index contributed by atoms with van der Waals surface area (Å²) in [6.07, 6.45) is 3.59. The van der Waals surface area contributed by atoms with Crippen LogP contribution in [0.4, 0.5) is 0 Å². The molecular formula is C11H25ClN2. The van der Waals surface area contributed by atoms with Crippen LogP contribution in [0.25, 0.3) is 0 Å². The second kappa shape index (κ2) is 9.75. The Balaban J connectivity index is 3.24. The Morgan fingerprint density at radius 2 is 2.07 bits per heavy atom. The molecule has 0 rings (SSSR count). The van der Waals surface area contributed by atoms with E-state index in [-0.39, 0.29) is 0 Å². The van der Waals surface area contributed by atoms with E-state index >= 15 is 0 Å². The van der Waals surface area contributed by atoms with Crippen molar-refractivity contribution in [2.45, 2.75) is 26.2 Å². The minimum absolute atomic E-state index is 0.756. The van der Waals surface area contributed by atoms with Crippen molar-refractivity contribution in [2.24, 2.45) is 5.92 Å². The fourth-order valence-electron chi connectivity index (χ4n) is 1.43. The van der Waals surface area contributed by atoms with Crippen molar-refractivity contribution in [3.05, 3.63) is 0 Å². The van der Waals surface area contributed by atoms with Gasteiger partial charge in [0.15, 0.2) is 0 Å². The van der Waals surface area contributed by atoms with Crippen LogP contribution in [0.5, 0.6) is 0 Å². The van der Waals surface area contributed by atoms with Crippen LogP contribution in [0.15, 0.2) is 0 Å². The summed E-state index contributed by atoms with van der Waals surface area (Å²) in [5.41, 5.74) is 0. The lowest BCUT2D eigenvalue weighted by Gasteiger charge is -2.15. The van der Waals surface area contributed by atoms with Gasteiger partial charge in [0.25, 0.3) is 0 Å². The predicted octanol–water partition coefficient (Wildman–Crippen LogP) is 2.18. The lowest BCUT2D eigenvalue weighted by atomic mass is 10.0. The molecule has 86 valence electrons. The Hall–Kier alpha value is 0.210. The van der Waals surface area contributed by atoms with Crippen LogP contribution in [0.1, 0.15) is 26.2 Å². The van der Waals surface area contributed by atoms with Gasteiger partial charge in [-0.1, -0.05) is 13.3 Å². The van der Waals surface area contributed by atoms with Gasteiger partial charge in [0, 0.05) is 5.88 Å². The fourth-order valence-corrected chi connectivity index (χ4v) is 1.74. The number of halogens is 1. The summed E-state index contributed by atoms with van der Waals surface area (Å²) in [5, 5.41) is 3.49. The lowest BCUT2D eigenvalue weighted by Crippen LogP contribution is -2.26. The molecule has 1 unspecified atom stereocenters. The second-order valence-corrected chi connectivity index (χ2v) is 4.49. The maximum absolute atomic E-state index is 5.72. The first kappa shape index (κ1) is 14.2. The molecule has 0 radical (unpaired) electrons. The molecule has 0 saturated carbocycles. The largest absolute Gasteiger partial charge is 0.316 e. The van der Waals surface area contributed by atoms with Gasteiger partial charge in [-0.3, -0.25) is 0 Å². The highest BCUT2D eigenvalue weighted by Crippen LogP contribution is 2.07. The highest BCUT2D eigenvalue weighted by molar-refractivity contribution is 6.17. The van der Waals surface area contributed by atoms with Crippen LogP contribution >= 0.6 is 11.6 Å². The Labute approximate surface area is 94.0 Å². The molecule has 0 aliphatic rings. The normalized spacial score (nSPS) is 13.5. The van der Waals surface area contributed by atoms with Crippen molar-refractivity contribution in [3.63, 3.8) is 0 Å². The monoisotopic (exact) mass is 220 g/mol. The quantitative estimate of drug-likeness (QED) is 0.474. The molecule has 0 aromatic heterocycles. The average molecular weight is 221 g/mol. The van der Waals surface area contributed by atoms with E-state index in [2.05, 4.69) is 31.2 Å². The summed E-state index contributed by atoms with van der Waals surface area (Å²) in [5.74, 6) is 1.55. The summed E-state index contributed by atoms with van der Waals surface area (Å²) in [6.45, 7) is 5.64. The van der Waals surface area contributed by atoms with Crippen molar-refractivity contribution in [2.75, 3.05) is 39.6 Å². The predicted molar refractivity (Wildman–Crippen MR) is 65.2 cm³/mol. The van der Waals surface area contributed by atoms with E-state index in [1.54, 1.807) is 0 Å². The summed E-state index contributed by atoms with van der Waals surface area (Å²) in [7, 11) is 4.23. The maximum Gasteiger partial charge on any atom is 0.0226 e. The Kier molecular flexibility index (Phi) is 9.90.